The number of rotatable bonds is 3. The summed E-state index contributed by atoms with van der Waals surface area (Å²) in [6.07, 6.45) is 2.97. The Morgan fingerprint density at radius 2 is 1.92 bits per heavy atom. The molecule has 1 nitrogen and oxygen atoms in total. The monoisotopic (exact) mass is 288 g/mol. The third kappa shape index (κ3) is 2.68. The van der Waals surface area contributed by atoms with Crippen molar-refractivity contribution in [1.82, 2.24) is 0 Å². The summed E-state index contributed by atoms with van der Waals surface area (Å²) < 4.78 is 6.58. The van der Waals surface area contributed by atoms with E-state index in [9.17, 15) is 0 Å². The van der Waals surface area contributed by atoms with Crippen LogP contribution in [0.3, 0.4) is 0 Å². The molecule has 0 aliphatic heterocycles. The van der Waals surface area contributed by atoms with Gasteiger partial charge in [0.1, 0.15) is 0 Å². The Hall–Kier alpha value is -0.0900. The Morgan fingerprint density at radius 3 is 2.54 bits per heavy atom. The molecule has 2 heteroatoms. The molecule has 1 aromatic rings. The molecular formula is C11H13IO. The molecule has 13 heavy (non-hydrogen) atoms. The van der Waals surface area contributed by atoms with Gasteiger partial charge in [0.15, 0.2) is 0 Å². The van der Waals surface area contributed by atoms with Crippen molar-refractivity contribution in [2.24, 2.45) is 0 Å². The number of hydrogen-bond acceptors (Lipinski definition) is 1. The van der Waals surface area contributed by atoms with Crippen LogP contribution in [0.2, 0.25) is 0 Å². The van der Waals surface area contributed by atoms with Crippen molar-refractivity contribution in [3.8, 4) is 0 Å². The topological polar surface area (TPSA) is 9.23 Å². The second kappa shape index (κ2) is 4.42. The molecule has 1 fully saturated rings. The van der Waals surface area contributed by atoms with Crippen molar-refractivity contribution in [3.05, 3.63) is 35.9 Å². The van der Waals surface area contributed by atoms with Crippen LogP contribution in [-0.2, 0) is 11.3 Å². The van der Waals surface area contributed by atoms with Gasteiger partial charge in [-0.3, -0.25) is 0 Å². The lowest BCUT2D eigenvalue weighted by molar-refractivity contribution is -0.00240. The summed E-state index contributed by atoms with van der Waals surface area (Å²) in [5.41, 5.74) is 1.28. The molecule has 0 unspecified atom stereocenters. The summed E-state index contributed by atoms with van der Waals surface area (Å²) >= 11 is 2.48. The Labute approximate surface area is 92.6 Å². The molecule has 0 N–H and O–H groups in total. The number of hydrogen-bond donors (Lipinski definition) is 0. The van der Waals surface area contributed by atoms with Crippen molar-refractivity contribution in [2.45, 2.75) is 29.5 Å². The zero-order valence-corrected chi connectivity index (χ0v) is 9.61. The number of ether oxygens (including phenoxy) is 1. The molecule has 0 amide bonds. The van der Waals surface area contributed by atoms with Crippen LogP contribution in [0.15, 0.2) is 30.3 Å². The van der Waals surface area contributed by atoms with E-state index in [0.29, 0.717) is 6.10 Å². The van der Waals surface area contributed by atoms with Gasteiger partial charge >= 0.3 is 0 Å². The number of benzene rings is 1. The zero-order valence-electron chi connectivity index (χ0n) is 7.45. The fourth-order valence-electron chi connectivity index (χ4n) is 1.43. The summed E-state index contributed by atoms with van der Waals surface area (Å²) in [7, 11) is 0. The summed E-state index contributed by atoms with van der Waals surface area (Å²) in [6.45, 7) is 0.773. The molecule has 0 bridgehead atoms. The molecule has 0 spiro atoms. The molecule has 0 atom stereocenters. The van der Waals surface area contributed by atoms with Gasteiger partial charge in [0.25, 0.3) is 0 Å². The van der Waals surface area contributed by atoms with Crippen LogP contribution in [0.4, 0.5) is 0 Å². The molecule has 1 saturated carbocycles. The van der Waals surface area contributed by atoms with E-state index in [1.54, 1.807) is 0 Å². The third-order valence-corrected chi connectivity index (χ3v) is 3.38. The second-order valence-corrected chi connectivity index (χ2v) is 5.25. The van der Waals surface area contributed by atoms with Gasteiger partial charge in [0.2, 0.25) is 0 Å². The van der Waals surface area contributed by atoms with Crippen molar-refractivity contribution in [2.75, 3.05) is 0 Å². The molecule has 2 rings (SSSR count). The maximum atomic E-state index is 5.73. The van der Waals surface area contributed by atoms with Gasteiger partial charge in [-0.25, -0.2) is 0 Å². The van der Waals surface area contributed by atoms with Crippen LogP contribution in [0.5, 0.6) is 0 Å². The predicted molar refractivity (Wildman–Crippen MR) is 62.1 cm³/mol. The minimum absolute atomic E-state index is 0.516. The standard InChI is InChI=1S/C11H13IO/c12-10-6-11(7-10)13-8-9-4-2-1-3-5-9/h1-5,10-11H,6-8H2/t10-,11-. The molecule has 0 radical (unpaired) electrons. The normalized spacial score (nSPS) is 26.8. The molecular weight excluding hydrogens is 275 g/mol. The minimum Gasteiger partial charge on any atom is -0.373 e. The molecule has 0 aromatic heterocycles. The highest BCUT2D eigenvalue weighted by Gasteiger charge is 2.27. The Kier molecular flexibility index (Phi) is 3.22. The first-order valence-corrected chi connectivity index (χ1v) is 5.89. The molecule has 1 aliphatic rings. The number of halogens is 1. The summed E-state index contributed by atoms with van der Waals surface area (Å²) in [5.74, 6) is 0. The van der Waals surface area contributed by atoms with E-state index in [0.717, 1.165) is 10.5 Å². The van der Waals surface area contributed by atoms with Gasteiger partial charge in [-0.1, -0.05) is 52.9 Å². The second-order valence-electron chi connectivity index (χ2n) is 3.49. The van der Waals surface area contributed by atoms with Gasteiger partial charge in [0.05, 0.1) is 12.7 Å². The molecule has 0 heterocycles. The van der Waals surface area contributed by atoms with Crippen LogP contribution < -0.4 is 0 Å². The van der Waals surface area contributed by atoms with Gasteiger partial charge in [-0.15, -0.1) is 0 Å². The minimum atomic E-state index is 0.516. The lowest BCUT2D eigenvalue weighted by Gasteiger charge is -2.31. The highest BCUT2D eigenvalue weighted by Crippen LogP contribution is 2.30. The summed E-state index contributed by atoms with van der Waals surface area (Å²) in [4.78, 5) is 0. The lowest BCUT2D eigenvalue weighted by atomic mass is 9.96. The van der Waals surface area contributed by atoms with Crippen LogP contribution in [-0.4, -0.2) is 10.0 Å². The summed E-state index contributed by atoms with van der Waals surface area (Å²) in [5, 5.41) is 0. The molecule has 70 valence electrons. The first-order valence-electron chi connectivity index (χ1n) is 4.64. The van der Waals surface area contributed by atoms with Crippen molar-refractivity contribution >= 4 is 22.6 Å². The van der Waals surface area contributed by atoms with E-state index in [2.05, 4.69) is 46.9 Å². The van der Waals surface area contributed by atoms with E-state index < -0.39 is 0 Å². The first kappa shape index (κ1) is 9.46. The highest BCUT2D eigenvalue weighted by atomic mass is 127. The fourth-order valence-corrected chi connectivity index (χ4v) is 2.56. The SMILES string of the molecule is I[C@H]1C[C@H](OCc2ccccc2)C1. The average Bonchev–Trinajstić information content (AvgIpc) is 2.12. The average molecular weight is 288 g/mol. The predicted octanol–water partition coefficient (Wildman–Crippen LogP) is 3.17. The molecule has 1 aliphatic carbocycles. The Balaban J connectivity index is 1.74. The largest absolute Gasteiger partial charge is 0.373 e. The van der Waals surface area contributed by atoms with Crippen molar-refractivity contribution < 1.29 is 4.74 Å². The van der Waals surface area contributed by atoms with Crippen LogP contribution in [0, 0.1) is 0 Å². The van der Waals surface area contributed by atoms with E-state index in [1.165, 1.54) is 18.4 Å². The van der Waals surface area contributed by atoms with Gasteiger partial charge in [-0.2, -0.15) is 0 Å². The zero-order chi connectivity index (χ0) is 9.10. The van der Waals surface area contributed by atoms with Crippen LogP contribution in [0.25, 0.3) is 0 Å². The van der Waals surface area contributed by atoms with E-state index in [1.807, 2.05) is 6.07 Å². The van der Waals surface area contributed by atoms with E-state index in [-0.39, 0.29) is 0 Å². The fraction of sp³-hybridized carbons (Fsp3) is 0.455. The van der Waals surface area contributed by atoms with Gasteiger partial charge in [-0.05, 0) is 18.4 Å². The van der Waals surface area contributed by atoms with E-state index >= 15 is 0 Å². The van der Waals surface area contributed by atoms with Crippen molar-refractivity contribution in [3.63, 3.8) is 0 Å². The maximum Gasteiger partial charge on any atom is 0.0720 e. The first-order chi connectivity index (χ1) is 6.34. The molecule has 0 saturated heterocycles. The summed E-state index contributed by atoms with van der Waals surface area (Å²) in [6, 6.07) is 10.4. The Bertz CT molecular complexity index is 254. The quantitative estimate of drug-likeness (QED) is 0.613. The Morgan fingerprint density at radius 1 is 1.23 bits per heavy atom. The van der Waals surface area contributed by atoms with Crippen LogP contribution in [0.1, 0.15) is 18.4 Å². The van der Waals surface area contributed by atoms with E-state index in [4.69, 9.17) is 4.74 Å². The maximum absolute atomic E-state index is 5.73. The smallest absolute Gasteiger partial charge is 0.0720 e. The lowest BCUT2D eigenvalue weighted by Crippen LogP contribution is -2.31. The molecule has 1 aromatic carbocycles. The number of alkyl halides is 1. The van der Waals surface area contributed by atoms with Gasteiger partial charge in [0, 0.05) is 3.92 Å². The van der Waals surface area contributed by atoms with Crippen molar-refractivity contribution in [1.29, 1.82) is 0 Å². The highest BCUT2D eigenvalue weighted by molar-refractivity contribution is 14.1. The van der Waals surface area contributed by atoms with Gasteiger partial charge < -0.3 is 4.74 Å². The van der Waals surface area contributed by atoms with Crippen LogP contribution >= 0.6 is 22.6 Å². The third-order valence-electron chi connectivity index (χ3n) is 2.37.